The number of fused-ring (bicyclic) bond motifs is 1. The summed E-state index contributed by atoms with van der Waals surface area (Å²) < 4.78 is 45.9. The summed E-state index contributed by atoms with van der Waals surface area (Å²) in [4.78, 5) is 7.75. The molecule has 3 aromatic heterocycles. The molecule has 144 valence electrons. The van der Waals surface area contributed by atoms with Crippen molar-refractivity contribution in [3.63, 3.8) is 0 Å². The first-order chi connectivity index (χ1) is 12.5. The topological polar surface area (TPSA) is 99.6 Å². The van der Waals surface area contributed by atoms with Crippen LogP contribution in [0.1, 0.15) is 20.8 Å². The molecule has 0 bridgehead atoms. The minimum atomic E-state index is -3.74. The molecule has 0 saturated heterocycles. The Labute approximate surface area is 160 Å². The Morgan fingerprint density at radius 3 is 2.56 bits per heavy atom. The van der Waals surface area contributed by atoms with E-state index < -0.39 is 20.5 Å². The molecular formula is C17H18ClFN4O3S. The van der Waals surface area contributed by atoms with Crippen LogP contribution in [0, 0.1) is 5.95 Å². The molecule has 0 aliphatic heterocycles. The summed E-state index contributed by atoms with van der Waals surface area (Å²) >= 11 is 5.97. The van der Waals surface area contributed by atoms with Crippen molar-refractivity contribution < 1.29 is 17.5 Å². The molecule has 3 heterocycles. The largest absolute Gasteiger partial charge is 0.495 e. The normalized spacial score (nSPS) is 12.5. The van der Waals surface area contributed by atoms with Gasteiger partial charge < -0.3 is 10.5 Å². The van der Waals surface area contributed by atoms with E-state index in [4.69, 9.17) is 22.1 Å². The third-order valence-corrected chi connectivity index (χ3v) is 6.92. The molecule has 0 saturated carbocycles. The van der Waals surface area contributed by atoms with Crippen molar-refractivity contribution in [2.75, 3.05) is 12.8 Å². The van der Waals surface area contributed by atoms with Crippen LogP contribution in [0.2, 0.25) is 5.02 Å². The molecule has 2 N–H and O–H groups in total. The Morgan fingerprint density at radius 2 is 1.96 bits per heavy atom. The molecule has 0 aromatic carbocycles. The average molecular weight is 413 g/mol. The summed E-state index contributed by atoms with van der Waals surface area (Å²) in [6.45, 7) is 4.76. The fourth-order valence-electron chi connectivity index (χ4n) is 2.54. The number of pyridine rings is 2. The van der Waals surface area contributed by atoms with Crippen LogP contribution in [0.15, 0.2) is 29.4 Å². The third-order valence-electron chi connectivity index (χ3n) is 4.12. The van der Waals surface area contributed by atoms with Crippen LogP contribution < -0.4 is 10.5 Å². The van der Waals surface area contributed by atoms with Crippen molar-refractivity contribution in [1.29, 1.82) is 0 Å². The lowest BCUT2D eigenvalue weighted by Crippen LogP contribution is -2.28. The maximum atomic E-state index is 14.4. The highest BCUT2D eigenvalue weighted by molar-refractivity contribution is 7.92. The van der Waals surface area contributed by atoms with E-state index in [-0.39, 0.29) is 32.7 Å². The number of ether oxygens (including phenoxy) is 1. The molecule has 0 unspecified atom stereocenters. The highest BCUT2D eigenvalue weighted by Crippen LogP contribution is 2.35. The van der Waals surface area contributed by atoms with Crippen LogP contribution in [0.5, 0.6) is 5.75 Å². The minimum Gasteiger partial charge on any atom is -0.495 e. The molecule has 0 spiro atoms. The summed E-state index contributed by atoms with van der Waals surface area (Å²) in [6, 6.07) is 2.80. The minimum absolute atomic E-state index is 0.0286. The second-order valence-electron chi connectivity index (χ2n) is 6.89. The summed E-state index contributed by atoms with van der Waals surface area (Å²) in [7, 11) is -2.37. The number of hydrogen-bond donors (Lipinski definition) is 1. The number of sulfone groups is 1. The summed E-state index contributed by atoms with van der Waals surface area (Å²) in [5.41, 5.74) is 6.23. The van der Waals surface area contributed by atoms with Gasteiger partial charge in [0, 0.05) is 12.3 Å². The Balaban J connectivity index is 2.34. The number of methoxy groups -OCH3 is 1. The van der Waals surface area contributed by atoms with Crippen molar-refractivity contribution in [2.24, 2.45) is 0 Å². The SMILES string of the molecule is COc1cc2ncc(-c3cc(Cl)c(N)nc3F)n2cc1S(=O)(=O)C(C)(C)C. The molecule has 0 radical (unpaired) electrons. The lowest BCUT2D eigenvalue weighted by molar-refractivity contribution is 0.401. The quantitative estimate of drug-likeness (QED) is 0.662. The Bertz CT molecular complexity index is 1150. The number of aromatic nitrogens is 3. The number of imidazole rings is 1. The van der Waals surface area contributed by atoms with Crippen molar-refractivity contribution >= 4 is 32.9 Å². The summed E-state index contributed by atoms with van der Waals surface area (Å²) in [5, 5.41) is 0.0809. The zero-order valence-electron chi connectivity index (χ0n) is 15.1. The Morgan fingerprint density at radius 1 is 1.30 bits per heavy atom. The molecule has 0 aliphatic rings. The predicted octanol–water partition coefficient (Wildman–Crippen LogP) is 3.35. The van der Waals surface area contributed by atoms with E-state index in [2.05, 4.69) is 9.97 Å². The Kier molecular flexibility index (Phi) is 4.55. The van der Waals surface area contributed by atoms with Crippen molar-refractivity contribution in [3.8, 4) is 17.0 Å². The first-order valence-electron chi connectivity index (χ1n) is 7.89. The van der Waals surface area contributed by atoms with Gasteiger partial charge in [0.1, 0.15) is 22.1 Å². The maximum Gasteiger partial charge on any atom is 0.224 e. The van der Waals surface area contributed by atoms with Gasteiger partial charge in [-0.3, -0.25) is 4.40 Å². The number of nitrogens with zero attached hydrogens (tertiary/aromatic N) is 3. The van der Waals surface area contributed by atoms with Gasteiger partial charge in [-0.1, -0.05) is 11.6 Å². The number of hydrogen-bond acceptors (Lipinski definition) is 6. The van der Waals surface area contributed by atoms with E-state index in [1.807, 2.05) is 0 Å². The van der Waals surface area contributed by atoms with Crippen molar-refractivity contribution in [2.45, 2.75) is 30.4 Å². The van der Waals surface area contributed by atoms with Gasteiger partial charge in [-0.25, -0.2) is 18.4 Å². The van der Waals surface area contributed by atoms with Gasteiger partial charge in [-0.2, -0.15) is 4.39 Å². The van der Waals surface area contributed by atoms with Crippen LogP contribution in [-0.4, -0.2) is 34.6 Å². The zero-order valence-corrected chi connectivity index (χ0v) is 16.7. The maximum absolute atomic E-state index is 14.4. The average Bonchev–Trinajstić information content (AvgIpc) is 2.98. The van der Waals surface area contributed by atoms with E-state index in [0.717, 1.165) is 0 Å². The van der Waals surface area contributed by atoms with Crippen LogP contribution in [0.4, 0.5) is 10.2 Å². The van der Waals surface area contributed by atoms with Gasteiger partial charge in [0.15, 0.2) is 9.84 Å². The molecule has 0 aliphatic carbocycles. The fourth-order valence-corrected chi connectivity index (χ4v) is 4.00. The number of nitrogens with two attached hydrogens (primary N) is 1. The second kappa shape index (κ2) is 6.35. The highest BCUT2D eigenvalue weighted by atomic mass is 35.5. The molecule has 0 atom stereocenters. The third kappa shape index (κ3) is 3.10. The van der Waals surface area contributed by atoms with Gasteiger partial charge in [0.25, 0.3) is 0 Å². The van der Waals surface area contributed by atoms with Gasteiger partial charge in [-0.15, -0.1) is 0 Å². The van der Waals surface area contributed by atoms with E-state index in [9.17, 15) is 12.8 Å². The van der Waals surface area contributed by atoms with Crippen LogP contribution in [0.25, 0.3) is 16.9 Å². The Hall–Kier alpha value is -2.39. The second-order valence-corrected chi connectivity index (χ2v) is 9.97. The lowest BCUT2D eigenvalue weighted by Gasteiger charge is -2.21. The highest BCUT2D eigenvalue weighted by Gasteiger charge is 2.34. The van der Waals surface area contributed by atoms with E-state index in [1.165, 1.54) is 36.0 Å². The number of anilines is 1. The van der Waals surface area contributed by atoms with E-state index >= 15 is 0 Å². The standard InChI is InChI=1S/C17H18ClFN4O3S/c1-17(2,3)27(24,25)13-8-23-11(7-21-14(23)6-12(13)26-4)9-5-10(18)16(20)22-15(9)19/h5-8H,1-4H3,(H2,20,22). The predicted molar refractivity (Wildman–Crippen MR) is 101 cm³/mol. The van der Waals surface area contributed by atoms with Crippen LogP contribution in [-0.2, 0) is 9.84 Å². The zero-order chi connectivity index (χ0) is 20.1. The first-order valence-corrected chi connectivity index (χ1v) is 9.75. The molecule has 7 nitrogen and oxygen atoms in total. The molecule has 3 rings (SSSR count). The molecule has 10 heteroatoms. The monoisotopic (exact) mass is 412 g/mol. The summed E-state index contributed by atoms with van der Waals surface area (Å²) in [6.07, 6.45) is 2.76. The van der Waals surface area contributed by atoms with Gasteiger partial charge >= 0.3 is 0 Å². The van der Waals surface area contributed by atoms with Crippen molar-refractivity contribution in [3.05, 3.63) is 35.5 Å². The van der Waals surface area contributed by atoms with Gasteiger partial charge in [0.2, 0.25) is 5.95 Å². The number of halogens is 2. The number of nitrogen functional groups attached to an aromatic ring is 1. The fraction of sp³-hybridized carbons (Fsp3) is 0.294. The van der Waals surface area contributed by atoms with Crippen molar-refractivity contribution in [1.82, 2.24) is 14.4 Å². The first kappa shape index (κ1) is 19.4. The van der Waals surface area contributed by atoms with Crippen LogP contribution >= 0.6 is 11.6 Å². The lowest BCUT2D eigenvalue weighted by atomic mass is 10.2. The van der Waals surface area contributed by atoms with Gasteiger partial charge in [-0.05, 0) is 26.8 Å². The summed E-state index contributed by atoms with van der Waals surface area (Å²) in [5.74, 6) is -0.817. The van der Waals surface area contributed by atoms with E-state index in [1.54, 1.807) is 20.8 Å². The van der Waals surface area contributed by atoms with Crippen LogP contribution in [0.3, 0.4) is 0 Å². The van der Waals surface area contributed by atoms with Gasteiger partial charge in [0.05, 0.1) is 34.3 Å². The number of rotatable bonds is 3. The molecular weight excluding hydrogens is 395 g/mol. The molecule has 3 aromatic rings. The molecule has 0 amide bonds. The molecule has 27 heavy (non-hydrogen) atoms. The smallest absolute Gasteiger partial charge is 0.224 e. The molecule has 0 fully saturated rings. The van der Waals surface area contributed by atoms with E-state index in [0.29, 0.717) is 5.65 Å².